The number of imide groups is 1. The van der Waals surface area contributed by atoms with E-state index in [0.717, 1.165) is 16.0 Å². The van der Waals surface area contributed by atoms with E-state index in [4.69, 9.17) is 5.73 Å². The van der Waals surface area contributed by atoms with Crippen LogP contribution in [-0.4, -0.2) is 34.2 Å². The molecule has 164 valence electrons. The van der Waals surface area contributed by atoms with E-state index in [0.29, 0.717) is 5.56 Å². The number of benzene rings is 2. The van der Waals surface area contributed by atoms with Crippen LogP contribution in [0.5, 0.6) is 0 Å². The molecule has 1 aliphatic rings. The van der Waals surface area contributed by atoms with E-state index in [1.165, 1.54) is 6.20 Å². The number of nitrogen functional groups attached to an aromatic ring is 1. The summed E-state index contributed by atoms with van der Waals surface area (Å²) in [6.07, 6.45) is -1.34. The molecule has 1 aliphatic heterocycles. The van der Waals surface area contributed by atoms with E-state index in [9.17, 15) is 18.4 Å². The average molecular weight is 435 g/mol. The van der Waals surface area contributed by atoms with Gasteiger partial charge in [0.2, 0.25) is 11.8 Å². The van der Waals surface area contributed by atoms with Crippen molar-refractivity contribution in [1.29, 1.82) is 0 Å². The summed E-state index contributed by atoms with van der Waals surface area (Å²) in [7, 11) is 0. The molecular formula is C25H23F2N3O2. The average Bonchev–Trinajstić information content (AvgIpc) is 2.80. The normalized spacial score (nSPS) is 18.1. The highest BCUT2D eigenvalue weighted by Gasteiger charge is 2.54. The van der Waals surface area contributed by atoms with Gasteiger partial charge in [-0.2, -0.15) is 0 Å². The van der Waals surface area contributed by atoms with E-state index in [2.05, 4.69) is 4.98 Å². The Labute approximate surface area is 184 Å². The molecule has 0 unspecified atom stereocenters. The lowest BCUT2D eigenvalue weighted by Crippen LogP contribution is -2.66. The zero-order chi connectivity index (χ0) is 22.7. The minimum atomic E-state index is -2.83. The minimum absolute atomic E-state index is 0.0715. The molecule has 7 heteroatoms. The number of aromatic nitrogens is 1. The highest BCUT2D eigenvalue weighted by Crippen LogP contribution is 2.37. The molecule has 1 aromatic heterocycles. The van der Waals surface area contributed by atoms with Crippen molar-refractivity contribution in [2.75, 3.05) is 5.73 Å². The Kier molecular flexibility index (Phi) is 6.25. The van der Waals surface area contributed by atoms with Crippen LogP contribution in [0, 0.1) is 5.92 Å². The number of amides is 2. The number of carbonyl (C=O) groups excluding carboxylic acids is 2. The Hall–Kier alpha value is -3.61. The number of carbonyl (C=O) groups is 2. The fraction of sp³-hybridized carbons (Fsp3) is 0.240. The summed E-state index contributed by atoms with van der Waals surface area (Å²) < 4.78 is 27.8. The Morgan fingerprint density at radius 3 is 2.12 bits per heavy atom. The molecule has 5 nitrogen and oxygen atoms in total. The first kappa shape index (κ1) is 21.6. The Morgan fingerprint density at radius 1 is 1.00 bits per heavy atom. The van der Waals surface area contributed by atoms with Crippen LogP contribution in [0.15, 0.2) is 79.0 Å². The number of nitrogens with zero attached hydrogens (tertiary/aromatic N) is 2. The van der Waals surface area contributed by atoms with Gasteiger partial charge >= 0.3 is 0 Å². The third-order valence-corrected chi connectivity index (χ3v) is 5.88. The maximum absolute atomic E-state index is 13.9. The van der Waals surface area contributed by atoms with Crippen molar-refractivity contribution in [3.8, 4) is 0 Å². The summed E-state index contributed by atoms with van der Waals surface area (Å²) in [6, 6.07) is 20.5. The summed E-state index contributed by atoms with van der Waals surface area (Å²) in [4.78, 5) is 30.5. The number of halogens is 2. The van der Waals surface area contributed by atoms with Crippen molar-refractivity contribution in [3.63, 3.8) is 0 Å². The quantitative estimate of drug-likeness (QED) is 0.568. The van der Waals surface area contributed by atoms with Crippen LogP contribution < -0.4 is 5.73 Å². The largest absolute Gasteiger partial charge is 0.384 e. The molecule has 0 aliphatic carbocycles. The van der Waals surface area contributed by atoms with Gasteiger partial charge in [0.15, 0.2) is 0 Å². The second kappa shape index (κ2) is 9.26. The molecule has 0 spiro atoms. The monoisotopic (exact) mass is 435 g/mol. The van der Waals surface area contributed by atoms with Gasteiger partial charge in [-0.25, -0.2) is 13.8 Å². The third-order valence-electron chi connectivity index (χ3n) is 5.88. The molecular weight excluding hydrogens is 412 g/mol. The minimum Gasteiger partial charge on any atom is -0.384 e. The predicted octanol–water partition coefficient (Wildman–Crippen LogP) is 4.05. The zero-order valence-electron chi connectivity index (χ0n) is 17.3. The molecule has 2 atom stereocenters. The van der Waals surface area contributed by atoms with E-state index in [1.807, 2.05) is 60.7 Å². The first-order valence-corrected chi connectivity index (χ1v) is 10.4. The fourth-order valence-corrected chi connectivity index (χ4v) is 4.30. The molecule has 2 amide bonds. The van der Waals surface area contributed by atoms with Gasteiger partial charge < -0.3 is 5.73 Å². The fourth-order valence-electron chi connectivity index (χ4n) is 4.30. The molecule has 4 rings (SSSR count). The molecule has 2 aromatic carbocycles. The lowest BCUT2D eigenvalue weighted by Gasteiger charge is -2.45. The SMILES string of the molecule is Nc1cc(C[C@H]2C(=O)N(C(=O)CC(c3ccccc3)c3ccccc3)[C@@H]2C(F)F)ccn1. The summed E-state index contributed by atoms with van der Waals surface area (Å²) in [6.45, 7) is 0. The molecule has 1 saturated heterocycles. The van der Waals surface area contributed by atoms with Crippen molar-refractivity contribution in [3.05, 3.63) is 95.7 Å². The smallest absolute Gasteiger partial charge is 0.260 e. The lowest BCUT2D eigenvalue weighted by molar-refractivity contribution is -0.176. The molecule has 1 fully saturated rings. The number of hydrogen-bond acceptors (Lipinski definition) is 4. The van der Waals surface area contributed by atoms with Crippen LogP contribution in [0.2, 0.25) is 0 Å². The number of nitrogens with two attached hydrogens (primary N) is 1. The van der Waals surface area contributed by atoms with Crippen LogP contribution >= 0.6 is 0 Å². The molecule has 0 radical (unpaired) electrons. The van der Waals surface area contributed by atoms with Crippen LogP contribution in [0.4, 0.5) is 14.6 Å². The van der Waals surface area contributed by atoms with Gasteiger partial charge in [-0.1, -0.05) is 60.7 Å². The van der Waals surface area contributed by atoms with Crippen LogP contribution in [0.1, 0.15) is 29.0 Å². The highest BCUT2D eigenvalue weighted by molar-refractivity contribution is 6.02. The maximum atomic E-state index is 13.9. The van der Waals surface area contributed by atoms with Gasteiger partial charge in [-0.15, -0.1) is 0 Å². The van der Waals surface area contributed by atoms with Gasteiger partial charge in [-0.3, -0.25) is 14.5 Å². The Balaban J connectivity index is 1.55. The molecule has 0 bridgehead atoms. The third kappa shape index (κ3) is 4.37. The van der Waals surface area contributed by atoms with Gasteiger partial charge in [0.1, 0.15) is 11.9 Å². The van der Waals surface area contributed by atoms with Gasteiger partial charge in [0, 0.05) is 18.5 Å². The number of rotatable bonds is 7. The first-order valence-electron chi connectivity index (χ1n) is 10.4. The number of alkyl halides is 2. The highest BCUT2D eigenvalue weighted by atomic mass is 19.3. The van der Waals surface area contributed by atoms with Crippen LogP contribution in [-0.2, 0) is 16.0 Å². The van der Waals surface area contributed by atoms with Crippen molar-refractivity contribution >= 4 is 17.6 Å². The van der Waals surface area contributed by atoms with Crippen LogP contribution in [0.25, 0.3) is 0 Å². The predicted molar refractivity (Wildman–Crippen MR) is 117 cm³/mol. The topological polar surface area (TPSA) is 76.3 Å². The molecule has 2 heterocycles. The summed E-state index contributed by atoms with van der Waals surface area (Å²) >= 11 is 0. The number of hydrogen-bond donors (Lipinski definition) is 1. The summed E-state index contributed by atoms with van der Waals surface area (Å²) in [5.74, 6) is -2.22. The lowest BCUT2D eigenvalue weighted by atomic mass is 9.81. The number of pyridine rings is 1. The maximum Gasteiger partial charge on any atom is 0.260 e. The molecule has 2 N–H and O–H groups in total. The second-order valence-electron chi connectivity index (χ2n) is 7.90. The standard InChI is InChI=1S/C25H23F2N3O2/c26-24(27)23-20(13-16-11-12-29-21(28)14-16)25(32)30(23)22(31)15-19(17-7-3-1-4-8-17)18-9-5-2-6-10-18/h1-12,14,19-20,23-24H,13,15H2,(H2,28,29)/t20-,23+/m1/s1. The number of anilines is 1. The Morgan fingerprint density at radius 2 is 1.59 bits per heavy atom. The van der Waals surface area contributed by atoms with Crippen molar-refractivity contribution < 1.29 is 18.4 Å². The van der Waals surface area contributed by atoms with Crippen molar-refractivity contribution in [2.45, 2.75) is 31.2 Å². The van der Waals surface area contributed by atoms with Gasteiger partial charge in [-0.05, 0) is 35.2 Å². The van der Waals surface area contributed by atoms with E-state index in [1.54, 1.807) is 12.1 Å². The van der Waals surface area contributed by atoms with E-state index < -0.39 is 30.2 Å². The van der Waals surface area contributed by atoms with Gasteiger partial charge in [0.05, 0.1) is 5.92 Å². The van der Waals surface area contributed by atoms with Crippen molar-refractivity contribution in [2.24, 2.45) is 5.92 Å². The van der Waals surface area contributed by atoms with Crippen molar-refractivity contribution in [1.82, 2.24) is 9.88 Å². The number of likely N-dealkylation sites (tertiary alicyclic amines) is 1. The zero-order valence-corrected chi connectivity index (χ0v) is 17.3. The van der Waals surface area contributed by atoms with E-state index in [-0.39, 0.29) is 24.6 Å². The first-order chi connectivity index (χ1) is 15.5. The summed E-state index contributed by atoms with van der Waals surface area (Å²) in [5, 5.41) is 0. The van der Waals surface area contributed by atoms with Crippen LogP contribution in [0.3, 0.4) is 0 Å². The Bertz CT molecular complexity index is 1050. The molecule has 3 aromatic rings. The second-order valence-corrected chi connectivity index (χ2v) is 7.90. The van der Waals surface area contributed by atoms with E-state index >= 15 is 0 Å². The molecule has 0 saturated carbocycles. The molecule has 32 heavy (non-hydrogen) atoms. The van der Waals surface area contributed by atoms with Gasteiger partial charge in [0.25, 0.3) is 6.43 Å². The number of β-lactam (4-membered cyclic amide) rings is 1. The summed E-state index contributed by atoms with van der Waals surface area (Å²) in [5.41, 5.74) is 8.07.